The summed E-state index contributed by atoms with van der Waals surface area (Å²) in [4.78, 5) is 14.5. The molecule has 0 saturated heterocycles. The molecule has 0 aliphatic carbocycles. The van der Waals surface area contributed by atoms with Gasteiger partial charge in [0.15, 0.2) is 0 Å². The van der Waals surface area contributed by atoms with Gasteiger partial charge in [-0.2, -0.15) is 0 Å². The van der Waals surface area contributed by atoms with Crippen molar-refractivity contribution < 1.29 is 0 Å². The maximum atomic E-state index is 4.88. The molecular weight excluding hydrogens is 655 g/mol. The van der Waals surface area contributed by atoms with Crippen molar-refractivity contribution in [3.8, 4) is 44.5 Å². The van der Waals surface area contributed by atoms with Crippen molar-refractivity contribution >= 4 is 23.8 Å². The van der Waals surface area contributed by atoms with Crippen LogP contribution in [0.15, 0.2) is 168 Å². The molecule has 7 rings (SSSR count). The molecule has 0 radical (unpaired) electrons. The van der Waals surface area contributed by atoms with Gasteiger partial charge in [0.1, 0.15) is 0 Å². The summed E-state index contributed by atoms with van der Waals surface area (Å²) >= 11 is 0. The summed E-state index contributed by atoms with van der Waals surface area (Å²) in [6.07, 6.45) is 4.74. The van der Waals surface area contributed by atoms with E-state index in [1.165, 1.54) is 50.1 Å². The predicted molar refractivity (Wildman–Crippen MR) is 231 cm³/mol. The molecule has 0 aliphatic heterocycles. The van der Waals surface area contributed by atoms with Crippen LogP contribution in [0.2, 0.25) is 0 Å². The quantitative estimate of drug-likeness (QED) is 0.124. The third-order valence-corrected chi connectivity index (χ3v) is 9.98. The van der Waals surface area contributed by atoms with E-state index >= 15 is 0 Å². The fourth-order valence-electron chi connectivity index (χ4n) is 6.57. The van der Waals surface area contributed by atoms with Crippen molar-refractivity contribution in [1.82, 2.24) is 4.98 Å². The maximum Gasteiger partial charge on any atom is 0.0823 e. The van der Waals surface area contributed by atoms with Crippen LogP contribution in [0.1, 0.15) is 74.5 Å². The third-order valence-electron chi connectivity index (χ3n) is 9.98. The number of hydrogen-bond acceptors (Lipinski definition) is 3. The van der Waals surface area contributed by atoms with Crippen molar-refractivity contribution in [2.24, 2.45) is 9.98 Å². The summed E-state index contributed by atoms with van der Waals surface area (Å²) < 4.78 is 0. The highest BCUT2D eigenvalue weighted by molar-refractivity contribution is 5.85. The molecular formula is C51H47N3. The first-order valence-corrected chi connectivity index (χ1v) is 19.0. The van der Waals surface area contributed by atoms with Gasteiger partial charge in [0, 0.05) is 0 Å². The Morgan fingerprint density at radius 3 is 1.17 bits per heavy atom. The number of pyridine rings is 1. The van der Waals surface area contributed by atoms with Crippen LogP contribution in [0.25, 0.3) is 44.5 Å². The fraction of sp³-hybridized carbons (Fsp3) is 0.157. The molecule has 0 unspecified atom stereocenters. The van der Waals surface area contributed by atoms with E-state index in [1.807, 2.05) is 12.4 Å². The zero-order valence-electron chi connectivity index (χ0n) is 31.9. The molecule has 54 heavy (non-hydrogen) atoms. The number of aromatic nitrogens is 1. The Morgan fingerprint density at radius 2 is 0.796 bits per heavy atom. The van der Waals surface area contributed by atoms with E-state index < -0.39 is 0 Å². The molecule has 266 valence electrons. The minimum absolute atomic E-state index is 0.343. The first-order chi connectivity index (χ1) is 26.3. The Hall–Kier alpha value is -6.19. The highest BCUT2D eigenvalue weighted by Gasteiger charge is 2.07. The summed E-state index contributed by atoms with van der Waals surface area (Å²) in [5.41, 5.74) is 16.9. The summed E-state index contributed by atoms with van der Waals surface area (Å²) in [6.45, 7) is 11.0. The molecule has 0 aliphatic rings. The Labute approximate surface area is 320 Å². The summed E-state index contributed by atoms with van der Waals surface area (Å²) in [6, 6.07) is 56.2. The smallest absolute Gasteiger partial charge is 0.0823 e. The Kier molecular flexibility index (Phi) is 11.2. The van der Waals surface area contributed by atoms with Crippen molar-refractivity contribution in [3.63, 3.8) is 0 Å². The first kappa shape index (κ1) is 36.2. The molecule has 0 bridgehead atoms. The number of aryl methyl sites for hydroxylation is 1. The Morgan fingerprint density at radius 1 is 0.426 bits per heavy atom. The minimum atomic E-state index is 0.343. The van der Waals surface area contributed by atoms with Gasteiger partial charge in [0.2, 0.25) is 0 Å². The van der Waals surface area contributed by atoms with Crippen molar-refractivity contribution in [3.05, 3.63) is 186 Å². The molecule has 7 aromatic rings. The summed E-state index contributed by atoms with van der Waals surface area (Å²) in [7, 11) is 0. The number of nitrogens with zero attached hydrogens (tertiary/aromatic N) is 3. The van der Waals surface area contributed by atoms with Crippen LogP contribution in [-0.2, 0) is 6.42 Å². The molecule has 0 atom stereocenters. The summed E-state index contributed by atoms with van der Waals surface area (Å²) in [5, 5.41) is 0. The van der Waals surface area contributed by atoms with Gasteiger partial charge >= 0.3 is 0 Å². The Balaban J connectivity index is 1.04. The van der Waals surface area contributed by atoms with E-state index in [2.05, 4.69) is 192 Å². The maximum absolute atomic E-state index is 4.88. The lowest BCUT2D eigenvalue weighted by molar-refractivity contribution is 0.861. The second-order valence-corrected chi connectivity index (χ2v) is 14.5. The van der Waals surface area contributed by atoms with Gasteiger partial charge in [-0.05, 0) is 128 Å². The van der Waals surface area contributed by atoms with Crippen LogP contribution in [-0.4, -0.2) is 17.4 Å². The van der Waals surface area contributed by atoms with E-state index in [0.29, 0.717) is 11.8 Å². The van der Waals surface area contributed by atoms with Crippen molar-refractivity contribution in [2.75, 3.05) is 0 Å². The van der Waals surface area contributed by atoms with Crippen LogP contribution in [0.4, 0.5) is 11.4 Å². The molecule has 1 heterocycles. The molecule has 3 nitrogen and oxygen atoms in total. The van der Waals surface area contributed by atoms with E-state index in [0.717, 1.165) is 40.3 Å². The molecule has 0 amide bonds. The van der Waals surface area contributed by atoms with Gasteiger partial charge in [-0.25, -0.2) is 4.98 Å². The van der Waals surface area contributed by atoms with Gasteiger partial charge in [0.25, 0.3) is 0 Å². The zero-order chi connectivity index (χ0) is 37.4. The van der Waals surface area contributed by atoms with Gasteiger partial charge in [0.05, 0.1) is 35.2 Å². The van der Waals surface area contributed by atoms with E-state index in [9.17, 15) is 0 Å². The number of rotatable bonds is 11. The van der Waals surface area contributed by atoms with E-state index in [1.54, 1.807) is 0 Å². The van der Waals surface area contributed by atoms with Gasteiger partial charge in [-0.3, -0.25) is 9.98 Å². The lowest BCUT2D eigenvalue weighted by Gasteiger charge is -2.09. The van der Waals surface area contributed by atoms with Crippen molar-refractivity contribution in [1.29, 1.82) is 0 Å². The van der Waals surface area contributed by atoms with Crippen LogP contribution in [0.5, 0.6) is 0 Å². The molecule has 3 heteroatoms. The standard InChI is InChI=1S/C51H47N3/c1-6-37-13-15-39(16-14-37)43-9-7-11-45(29-43)41-21-25-48(26-22-41)52-33-50-31-47(36(4)5)32-51(54-50)34-53-49-27-23-42(24-28-49)46-12-8-10-44(30-46)40-19-17-38(18-20-40)35(2)3/h7-36H,6H2,1-5H3. The van der Waals surface area contributed by atoms with Crippen LogP contribution >= 0.6 is 0 Å². The van der Waals surface area contributed by atoms with E-state index in [-0.39, 0.29) is 0 Å². The Bertz CT molecular complexity index is 2380. The summed E-state index contributed by atoms with van der Waals surface area (Å²) in [5.74, 6) is 0.868. The van der Waals surface area contributed by atoms with Crippen LogP contribution in [0, 0.1) is 0 Å². The predicted octanol–water partition coefficient (Wildman–Crippen LogP) is 14.1. The second-order valence-electron chi connectivity index (χ2n) is 14.5. The topological polar surface area (TPSA) is 37.6 Å². The lowest BCUT2D eigenvalue weighted by atomic mass is 9.96. The first-order valence-electron chi connectivity index (χ1n) is 19.0. The normalized spacial score (nSPS) is 11.7. The number of hydrogen-bond donors (Lipinski definition) is 0. The number of aliphatic imine (C=N–C) groups is 2. The van der Waals surface area contributed by atoms with Gasteiger partial charge < -0.3 is 0 Å². The molecule has 0 fully saturated rings. The van der Waals surface area contributed by atoms with Crippen LogP contribution < -0.4 is 0 Å². The zero-order valence-corrected chi connectivity index (χ0v) is 31.9. The molecule has 6 aromatic carbocycles. The van der Waals surface area contributed by atoms with E-state index in [4.69, 9.17) is 15.0 Å². The average molecular weight is 702 g/mol. The van der Waals surface area contributed by atoms with Gasteiger partial charge in [-0.15, -0.1) is 0 Å². The fourth-order valence-corrected chi connectivity index (χ4v) is 6.57. The highest BCUT2D eigenvalue weighted by atomic mass is 14.8. The van der Waals surface area contributed by atoms with Crippen molar-refractivity contribution in [2.45, 2.75) is 52.9 Å². The molecule has 1 aromatic heterocycles. The van der Waals surface area contributed by atoms with Gasteiger partial charge in [-0.1, -0.05) is 144 Å². The minimum Gasteiger partial charge on any atom is -0.255 e. The highest BCUT2D eigenvalue weighted by Crippen LogP contribution is 2.30. The lowest BCUT2D eigenvalue weighted by Crippen LogP contribution is -1.99. The molecule has 0 N–H and O–H groups in total. The molecule has 0 saturated carbocycles. The largest absolute Gasteiger partial charge is 0.255 e. The SMILES string of the molecule is CCc1ccc(-c2cccc(-c3ccc(N=Cc4cc(C(C)C)cc(C=Nc5ccc(-c6cccc(-c7ccc(C(C)C)cc7)c6)cc5)n4)cc3)c2)cc1. The third kappa shape index (κ3) is 8.87. The van der Waals surface area contributed by atoms with Crippen LogP contribution in [0.3, 0.4) is 0 Å². The monoisotopic (exact) mass is 701 g/mol. The second kappa shape index (κ2) is 16.7. The molecule has 0 spiro atoms. The number of benzene rings is 6. The average Bonchev–Trinajstić information content (AvgIpc) is 3.22.